The van der Waals surface area contributed by atoms with Gasteiger partial charge in [0, 0.05) is 49.8 Å². The summed E-state index contributed by atoms with van der Waals surface area (Å²) in [7, 11) is 1.85. The van der Waals surface area contributed by atoms with Crippen molar-refractivity contribution in [1.29, 1.82) is 0 Å². The van der Waals surface area contributed by atoms with Crippen LogP contribution in [0.25, 0.3) is 0 Å². The number of carboxylic acids is 1. The van der Waals surface area contributed by atoms with Crippen LogP contribution >= 0.6 is 11.3 Å². The number of carbonyl (C=O) groups is 4. The van der Waals surface area contributed by atoms with E-state index in [1.54, 1.807) is 19.2 Å². The van der Waals surface area contributed by atoms with Crippen LogP contribution in [-0.4, -0.2) is 89.6 Å². The van der Waals surface area contributed by atoms with Crippen molar-refractivity contribution in [3.8, 4) is 0 Å². The zero-order valence-corrected chi connectivity index (χ0v) is 37.8. The van der Waals surface area contributed by atoms with Crippen LogP contribution in [0.2, 0.25) is 0 Å². The number of hydrogen-bond donors (Lipinski definition) is 5. The monoisotopic (exact) mass is 827 g/mol. The molecule has 0 saturated carbocycles. The Bertz CT molecular complexity index is 1580. The number of nitrogens with zero attached hydrogens (tertiary/aromatic N) is 2. The third-order valence-corrected chi connectivity index (χ3v) is 12.7. The third-order valence-electron chi connectivity index (χ3n) is 11.7. The molecule has 0 aliphatic carbocycles. The van der Waals surface area contributed by atoms with Crippen molar-refractivity contribution in [1.82, 2.24) is 25.8 Å². The minimum absolute atomic E-state index is 0.0628. The summed E-state index contributed by atoms with van der Waals surface area (Å²) in [6, 6.07) is 6.20. The highest BCUT2D eigenvalue weighted by atomic mass is 32.1. The zero-order chi connectivity index (χ0) is 43.0. The van der Waals surface area contributed by atoms with Crippen molar-refractivity contribution in [3.63, 3.8) is 0 Å². The van der Waals surface area contributed by atoms with Gasteiger partial charge in [0.25, 0.3) is 5.91 Å². The molecular formula is C45H74N6O6S. The van der Waals surface area contributed by atoms with Crippen molar-refractivity contribution >= 4 is 40.7 Å². The number of carboxylic acid groups (broad SMARTS) is 1. The number of amides is 3. The Morgan fingerprint density at radius 1 is 1.05 bits per heavy atom. The zero-order valence-electron chi connectivity index (χ0n) is 37.0. The van der Waals surface area contributed by atoms with Crippen LogP contribution in [0, 0.1) is 23.2 Å². The molecule has 1 aromatic carbocycles. The van der Waals surface area contributed by atoms with E-state index in [0.29, 0.717) is 36.9 Å². The minimum atomic E-state index is -1.07. The smallest absolute Gasteiger partial charge is 0.309 e. The highest BCUT2D eigenvalue weighted by Gasteiger charge is 2.38. The van der Waals surface area contributed by atoms with Gasteiger partial charge in [-0.05, 0) is 94.9 Å². The topological polar surface area (TPSA) is 162 Å². The van der Waals surface area contributed by atoms with Gasteiger partial charge in [0.15, 0.2) is 0 Å². The summed E-state index contributed by atoms with van der Waals surface area (Å²) >= 11 is 1.35. The van der Waals surface area contributed by atoms with Crippen LogP contribution in [0.15, 0.2) is 29.6 Å². The lowest BCUT2D eigenvalue weighted by molar-refractivity contribution is -0.147. The Morgan fingerprint density at radius 3 is 2.34 bits per heavy atom. The molecule has 13 heteroatoms. The molecular weight excluding hydrogens is 753 g/mol. The van der Waals surface area contributed by atoms with Gasteiger partial charge in [0.05, 0.1) is 11.5 Å². The van der Waals surface area contributed by atoms with E-state index < -0.39 is 29.6 Å². The van der Waals surface area contributed by atoms with Gasteiger partial charge < -0.3 is 36.0 Å². The van der Waals surface area contributed by atoms with Crippen LogP contribution in [0.4, 0.5) is 5.69 Å². The number of unbranched alkanes of at least 4 members (excludes halogenated alkanes) is 3. The maximum absolute atomic E-state index is 14.9. The maximum atomic E-state index is 14.9. The first-order valence-electron chi connectivity index (χ1n) is 21.8. The van der Waals surface area contributed by atoms with Gasteiger partial charge in [-0.15, -0.1) is 11.3 Å². The Labute approximate surface area is 352 Å². The van der Waals surface area contributed by atoms with Crippen LogP contribution in [0.1, 0.15) is 147 Å². The van der Waals surface area contributed by atoms with Gasteiger partial charge in [-0.2, -0.15) is 0 Å². The fourth-order valence-electron chi connectivity index (χ4n) is 7.76. The first-order chi connectivity index (χ1) is 27.5. The lowest BCUT2D eigenvalue weighted by atomic mass is 9.84. The van der Waals surface area contributed by atoms with Crippen molar-refractivity contribution in [3.05, 3.63) is 45.9 Å². The molecule has 5 N–H and O–H groups in total. The summed E-state index contributed by atoms with van der Waals surface area (Å²) < 4.78 is 6.36. The summed E-state index contributed by atoms with van der Waals surface area (Å²) in [5.74, 6) is -1.04. The molecule has 7 atom stereocenters. The SMILES string of the molecule is CCCCCCN(C(=O)[C@@H](NC(=O)[C@H]1C[C@H](C)CCN1)[C@@H](C)CC)[C@H](C[C@@H](OCC)c1nc(C(=O)N[C@@H](Cc2ccc(NC)cc2)CC(C)(C)C(=O)O)cs1)C(C)C. The quantitative estimate of drug-likeness (QED) is 0.0628. The summed E-state index contributed by atoms with van der Waals surface area (Å²) in [5.41, 5.74) is 1.11. The number of rotatable bonds is 25. The molecule has 12 nitrogen and oxygen atoms in total. The van der Waals surface area contributed by atoms with E-state index in [2.05, 4.69) is 55.9 Å². The lowest BCUT2D eigenvalue weighted by Gasteiger charge is -2.40. The Balaban J connectivity index is 1.90. The maximum Gasteiger partial charge on any atom is 0.309 e. The summed E-state index contributed by atoms with van der Waals surface area (Å²) in [5, 5.41) is 25.1. The molecule has 0 unspecified atom stereocenters. The van der Waals surface area contributed by atoms with Gasteiger partial charge in [0.1, 0.15) is 22.8 Å². The number of piperidine rings is 1. The predicted octanol–water partition coefficient (Wildman–Crippen LogP) is 7.85. The standard InChI is InChI=1S/C45H74N6O6S/c1-11-14-15-16-23-51(43(54)39(31(7)12-2)50-40(52)35-24-30(6)21-22-47-35)37(29(4)5)26-38(57-13-3)42-49-36(28-58-42)41(53)48-34(27-45(8,9)44(55)56)25-32-17-19-33(46-10)20-18-32/h17-20,28-31,34-35,37-39,46-47H,11-16,21-27H2,1-10H3,(H,48,53)(H,50,52)(H,55,56)/t30-,31+,34+,35-,37-,38-,39+/m1/s1. The molecule has 1 fully saturated rings. The normalized spacial score (nSPS) is 18.5. The number of nitrogens with one attached hydrogen (secondary N) is 4. The van der Waals surface area contributed by atoms with E-state index in [9.17, 15) is 24.3 Å². The number of carbonyl (C=O) groups excluding carboxylic acids is 3. The molecule has 0 bridgehead atoms. The average molecular weight is 827 g/mol. The second-order valence-corrected chi connectivity index (χ2v) is 18.3. The third kappa shape index (κ3) is 14.6. The van der Waals surface area contributed by atoms with Gasteiger partial charge in [-0.25, -0.2) is 4.98 Å². The van der Waals surface area contributed by atoms with Gasteiger partial charge in [0.2, 0.25) is 11.8 Å². The lowest BCUT2D eigenvalue weighted by Crippen LogP contribution is -2.59. The fourth-order valence-corrected chi connectivity index (χ4v) is 8.62. The van der Waals surface area contributed by atoms with E-state index in [0.717, 1.165) is 62.7 Å². The highest BCUT2D eigenvalue weighted by molar-refractivity contribution is 7.09. The number of aromatic nitrogens is 1. The molecule has 1 aromatic heterocycles. The molecule has 58 heavy (non-hydrogen) atoms. The molecule has 326 valence electrons. The molecule has 1 aliphatic heterocycles. The van der Waals surface area contributed by atoms with E-state index in [1.807, 2.05) is 50.1 Å². The average Bonchev–Trinajstić information content (AvgIpc) is 3.69. The first-order valence-corrected chi connectivity index (χ1v) is 22.6. The van der Waals surface area contributed by atoms with Crippen molar-refractivity contribution in [2.75, 3.05) is 32.1 Å². The summed E-state index contributed by atoms with van der Waals surface area (Å²) in [4.78, 5) is 61.3. The molecule has 0 spiro atoms. The highest BCUT2D eigenvalue weighted by Crippen LogP contribution is 2.32. The Kier molecular flexibility index (Phi) is 20.1. The number of ether oxygens (including phenoxy) is 1. The van der Waals surface area contributed by atoms with Crippen LogP contribution < -0.4 is 21.3 Å². The molecule has 3 rings (SSSR count). The minimum Gasteiger partial charge on any atom is -0.481 e. The molecule has 2 heterocycles. The van der Waals surface area contributed by atoms with E-state index >= 15 is 0 Å². The molecule has 1 saturated heterocycles. The van der Waals surface area contributed by atoms with Gasteiger partial charge in [-0.3, -0.25) is 19.2 Å². The largest absolute Gasteiger partial charge is 0.481 e. The summed E-state index contributed by atoms with van der Waals surface area (Å²) in [6.07, 6.45) is 7.21. The van der Waals surface area contributed by atoms with E-state index in [1.165, 1.54) is 11.3 Å². The summed E-state index contributed by atoms with van der Waals surface area (Å²) in [6.45, 7) is 19.7. The van der Waals surface area contributed by atoms with Crippen LogP contribution in [-0.2, 0) is 25.5 Å². The second-order valence-electron chi connectivity index (χ2n) is 17.4. The second kappa shape index (κ2) is 23.9. The first kappa shape index (κ1) is 48.8. The van der Waals surface area contributed by atoms with Crippen molar-refractivity contribution in [2.45, 2.75) is 157 Å². The van der Waals surface area contributed by atoms with Gasteiger partial charge >= 0.3 is 5.97 Å². The van der Waals surface area contributed by atoms with Crippen molar-refractivity contribution < 1.29 is 29.0 Å². The molecule has 2 aromatic rings. The van der Waals surface area contributed by atoms with Crippen molar-refractivity contribution in [2.24, 2.45) is 23.2 Å². The fraction of sp³-hybridized carbons (Fsp3) is 0.711. The Morgan fingerprint density at radius 2 is 1.76 bits per heavy atom. The van der Waals surface area contributed by atoms with E-state index in [-0.39, 0.29) is 53.8 Å². The Hall–Kier alpha value is -3.55. The molecule has 1 aliphatic rings. The number of aliphatic carboxylic acids is 1. The molecule has 0 radical (unpaired) electrons. The number of hydrogen-bond acceptors (Lipinski definition) is 9. The number of thiazole rings is 1. The van der Waals surface area contributed by atoms with Crippen LogP contribution in [0.3, 0.4) is 0 Å². The number of benzene rings is 1. The molecule has 3 amide bonds. The van der Waals surface area contributed by atoms with E-state index in [4.69, 9.17) is 9.72 Å². The number of anilines is 1. The van der Waals surface area contributed by atoms with Gasteiger partial charge in [-0.1, -0.05) is 79.4 Å². The predicted molar refractivity (Wildman–Crippen MR) is 234 cm³/mol. The van der Waals surface area contributed by atoms with Crippen LogP contribution in [0.5, 0.6) is 0 Å².